The lowest BCUT2D eigenvalue weighted by molar-refractivity contribution is -0.141. The molecule has 1 aromatic carbocycles. The summed E-state index contributed by atoms with van der Waals surface area (Å²) in [5.41, 5.74) is 1.17. The Morgan fingerprint density at radius 1 is 1.33 bits per heavy atom. The Kier molecular flexibility index (Phi) is 3.39. The third kappa shape index (κ3) is 2.49. The van der Waals surface area contributed by atoms with Gasteiger partial charge in [0.15, 0.2) is 0 Å². The number of carboxylic acids is 1. The highest BCUT2D eigenvalue weighted by molar-refractivity contribution is 5.97. The summed E-state index contributed by atoms with van der Waals surface area (Å²) >= 11 is 0. The maximum atomic E-state index is 12.5. The van der Waals surface area contributed by atoms with E-state index in [0.717, 1.165) is 0 Å². The number of carboxylic acid groups (broad SMARTS) is 1. The Hall–Kier alpha value is -2.70. The number of hydrogen-bond donors (Lipinski definition) is 1. The zero-order chi connectivity index (χ0) is 14.8. The van der Waals surface area contributed by atoms with Crippen LogP contribution in [0.5, 0.6) is 0 Å². The standard InChI is InChI=1S/C14H14N4O3/c19-13(17-6-2-5-12(17)14(20)21)10-3-1-4-11(7-10)18-9-15-8-16-18/h1,3-4,7-9,12H,2,5-6H2,(H,20,21)/t12-/m1/s1. The molecule has 7 heteroatoms. The van der Waals surface area contributed by atoms with Crippen molar-refractivity contribution < 1.29 is 14.7 Å². The first-order valence-electron chi connectivity index (χ1n) is 6.65. The van der Waals surface area contributed by atoms with Crippen LogP contribution in [-0.4, -0.2) is 49.2 Å². The second kappa shape index (κ2) is 5.35. The number of benzene rings is 1. The highest BCUT2D eigenvalue weighted by Gasteiger charge is 2.34. The number of hydrogen-bond acceptors (Lipinski definition) is 4. The number of likely N-dealkylation sites (tertiary alicyclic amines) is 1. The lowest BCUT2D eigenvalue weighted by Crippen LogP contribution is -2.40. The van der Waals surface area contributed by atoms with Gasteiger partial charge in [0.05, 0.1) is 5.69 Å². The number of carbonyl (C=O) groups excluding carboxylic acids is 1. The fourth-order valence-corrected chi connectivity index (χ4v) is 2.56. The molecule has 1 aromatic heterocycles. The molecule has 1 aliphatic rings. The molecule has 2 heterocycles. The van der Waals surface area contributed by atoms with Gasteiger partial charge in [0.1, 0.15) is 18.7 Å². The molecular formula is C14H14N4O3. The van der Waals surface area contributed by atoms with Crippen molar-refractivity contribution in [3.63, 3.8) is 0 Å². The first kappa shape index (κ1) is 13.3. The van der Waals surface area contributed by atoms with E-state index in [-0.39, 0.29) is 5.91 Å². The smallest absolute Gasteiger partial charge is 0.326 e. The van der Waals surface area contributed by atoms with Crippen LogP contribution in [0.25, 0.3) is 5.69 Å². The van der Waals surface area contributed by atoms with Crippen molar-refractivity contribution in [2.45, 2.75) is 18.9 Å². The van der Waals surface area contributed by atoms with Crippen LogP contribution < -0.4 is 0 Å². The molecule has 2 aromatic rings. The SMILES string of the molecule is O=C(O)[C@H]1CCCN1C(=O)c1cccc(-n2cncn2)c1. The average Bonchev–Trinajstić information content (AvgIpc) is 3.17. The Balaban J connectivity index is 1.88. The quantitative estimate of drug-likeness (QED) is 0.907. The molecule has 7 nitrogen and oxygen atoms in total. The van der Waals surface area contributed by atoms with Gasteiger partial charge in [-0.05, 0) is 31.0 Å². The van der Waals surface area contributed by atoms with Crippen LogP contribution in [-0.2, 0) is 4.79 Å². The molecule has 1 amide bonds. The number of carbonyl (C=O) groups is 2. The molecule has 0 spiro atoms. The molecule has 3 rings (SSSR count). The van der Waals surface area contributed by atoms with Gasteiger partial charge in [-0.3, -0.25) is 4.79 Å². The number of amides is 1. The van der Waals surface area contributed by atoms with Gasteiger partial charge in [-0.15, -0.1) is 0 Å². The van der Waals surface area contributed by atoms with Crippen molar-refractivity contribution in [1.82, 2.24) is 19.7 Å². The summed E-state index contributed by atoms with van der Waals surface area (Å²) in [5.74, 6) is -1.21. The van der Waals surface area contributed by atoms with Crippen LogP contribution in [0.15, 0.2) is 36.9 Å². The van der Waals surface area contributed by atoms with Crippen LogP contribution in [0.4, 0.5) is 0 Å². The highest BCUT2D eigenvalue weighted by Crippen LogP contribution is 2.21. The van der Waals surface area contributed by atoms with Crippen LogP contribution >= 0.6 is 0 Å². The first-order chi connectivity index (χ1) is 10.2. The lowest BCUT2D eigenvalue weighted by Gasteiger charge is -2.21. The second-order valence-electron chi connectivity index (χ2n) is 4.89. The zero-order valence-corrected chi connectivity index (χ0v) is 11.2. The van der Waals surface area contributed by atoms with Gasteiger partial charge in [0.25, 0.3) is 5.91 Å². The minimum atomic E-state index is -0.951. The maximum Gasteiger partial charge on any atom is 0.326 e. The summed E-state index contributed by atoms with van der Waals surface area (Å²) in [4.78, 5) is 29.0. The fourth-order valence-electron chi connectivity index (χ4n) is 2.56. The van der Waals surface area contributed by atoms with Crippen LogP contribution in [0, 0.1) is 0 Å². The van der Waals surface area contributed by atoms with Crippen LogP contribution in [0.1, 0.15) is 23.2 Å². The summed E-state index contributed by atoms with van der Waals surface area (Å²) in [6.45, 7) is 0.476. The van der Waals surface area contributed by atoms with Gasteiger partial charge in [0, 0.05) is 12.1 Å². The molecule has 0 radical (unpaired) electrons. The number of aromatic nitrogens is 3. The van der Waals surface area contributed by atoms with Gasteiger partial charge < -0.3 is 10.0 Å². The number of nitrogens with zero attached hydrogens (tertiary/aromatic N) is 4. The Morgan fingerprint density at radius 3 is 2.90 bits per heavy atom. The van der Waals surface area contributed by atoms with Gasteiger partial charge in [-0.1, -0.05) is 6.07 Å². The molecule has 1 N–H and O–H groups in total. The van der Waals surface area contributed by atoms with E-state index in [2.05, 4.69) is 10.1 Å². The fraction of sp³-hybridized carbons (Fsp3) is 0.286. The predicted molar refractivity (Wildman–Crippen MR) is 73.1 cm³/mol. The summed E-state index contributed by atoms with van der Waals surface area (Å²) in [6, 6.07) is 6.20. The molecule has 108 valence electrons. The number of rotatable bonds is 3. The normalized spacial score (nSPS) is 17.9. The largest absolute Gasteiger partial charge is 0.480 e. The van der Waals surface area contributed by atoms with Crippen molar-refractivity contribution in [3.05, 3.63) is 42.5 Å². The summed E-state index contributed by atoms with van der Waals surface area (Å²) in [6.07, 6.45) is 4.17. The molecule has 21 heavy (non-hydrogen) atoms. The van der Waals surface area contributed by atoms with E-state index in [0.29, 0.717) is 30.6 Å². The third-order valence-corrected chi connectivity index (χ3v) is 3.58. The Labute approximate surface area is 120 Å². The topological polar surface area (TPSA) is 88.3 Å². The van der Waals surface area contributed by atoms with Gasteiger partial charge in [0.2, 0.25) is 0 Å². The van der Waals surface area contributed by atoms with E-state index < -0.39 is 12.0 Å². The van der Waals surface area contributed by atoms with Gasteiger partial charge >= 0.3 is 5.97 Å². The predicted octanol–water partition coefficient (Wildman–Crippen LogP) is 0.957. The van der Waals surface area contributed by atoms with E-state index in [9.17, 15) is 9.59 Å². The second-order valence-corrected chi connectivity index (χ2v) is 4.89. The van der Waals surface area contributed by atoms with Crippen molar-refractivity contribution in [2.24, 2.45) is 0 Å². The molecule has 1 aliphatic heterocycles. The Bertz CT molecular complexity index is 669. The van der Waals surface area contributed by atoms with Crippen LogP contribution in [0.3, 0.4) is 0 Å². The van der Waals surface area contributed by atoms with Crippen molar-refractivity contribution in [2.75, 3.05) is 6.54 Å². The highest BCUT2D eigenvalue weighted by atomic mass is 16.4. The van der Waals surface area contributed by atoms with E-state index in [1.54, 1.807) is 29.2 Å². The molecule has 1 saturated heterocycles. The monoisotopic (exact) mass is 286 g/mol. The molecule has 1 atom stereocenters. The maximum absolute atomic E-state index is 12.5. The minimum absolute atomic E-state index is 0.262. The van der Waals surface area contributed by atoms with Crippen molar-refractivity contribution in [3.8, 4) is 5.69 Å². The summed E-state index contributed by atoms with van der Waals surface area (Å²) < 4.78 is 1.55. The average molecular weight is 286 g/mol. The molecule has 0 bridgehead atoms. The van der Waals surface area contributed by atoms with Crippen molar-refractivity contribution >= 4 is 11.9 Å². The lowest BCUT2D eigenvalue weighted by atomic mass is 10.1. The number of aliphatic carboxylic acids is 1. The third-order valence-electron chi connectivity index (χ3n) is 3.58. The molecule has 0 saturated carbocycles. The van der Waals surface area contributed by atoms with E-state index >= 15 is 0 Å². The minimum Gasteiger partial charge on any atom is -0.480 e. The Morgan fingerprint density at radius 2 is 2.19 bits per heavy atom. The van der Waals surface area contributed by atoms with Crippen LogP contribution in [0.2, 0.25) is 0 Å². The molecule has 0 aliphatic carbocycles. The van der Waals surface area contributed by atoms with E-state index in [1.807, 2.05) is 6.07 Å². The molecular weight excluding hydrogens is 272 g/mol. The summed E-state index contributed by atoms with van der Waals surface area (Å²) in [7, 11) is 0. The first-order valence-corrected chi connectivity index (χ1v) is 6.65. The zero-order valence-electron chi connectivity index (χ0n) is 11.2. The summed E-state index contributed by atoms with van der Waals surface area (Å²) in [5, 5.41) is 13.2. The van der Waals surface area contributed by atoms with E-state index in [4.69, 9.17) is 5.11 Å². The van der Waals surface area contributed by atoms with E-state index in [1.165, 1.54) is 11.2 Å². The molecule has 1 fully saturated rings. The van der Waals surface area contributed by atoms with Gasteiger partial charge in [-0.25, -0.2) is 14.5 Å². The van der Waals surface area contributed by atoms with Crippen molar-refractivity contribution in [1.29, 1.82) is 0 Å². The van der Waals surface area contributed by atoms with Gasteiger partial charge in [-0.2, -0.15) is 5.10 Å². The molecule has 0 unspecified atom stereocenters.